The monoisotopic (exact) mass is 241 g/mol. The fraction of sp³-hybridized carbons (Fsp3) is 0. The fourth-order valence-electron chi connectivity index (χ4n) is 1.15. The van der Waals surface area contributed by atoms with Crippen LogP contribution in [0.15, 0.2) is 33.5 Å². The SMILES string of the molecule is O=c1ccc2cc(F)c(Br)cc2[nH]1. The lowest BCUT2D eigenvalue weighted by molar-refractivity contribution is 0.623. The van der Waals surface area contributed by atoms with Gasteiger partial charge < -0.3 is 4.98 Å². The minimum absolute atomic E-state index is 0.189. The molecule has 13 heavy (non-hydrogen) atoms. The van der Waals surface area contributed by atoms with E-state index in [9.17, 15) is 9.18 Å². The van der Waals surface area contributed by atoms with E-state index >= 15 is 0 Å². The summed E-state index contributed by atoms with van der Waals surface area (Å²) in [6.45, 7) is 0. The Bertz CT molecular complexity index is 520. The molecule has 0 atom stereocenters. The largest absolute Gasteiger partial charge is 0.322 e. The maximum atomic E-state index is 13.0. The van der Waals surface area contributed by atoms with E-state index in [0.29, 0.717) is 15.4 Å². The summed E-state index contributed by atoms with van der Waals surface area (Å²) in [5, 5.41) is 0.681. The molecule has 0 aliphatic carbocycles. The Labute approximate surface area is 81.5 Å². The number of nitrogens with one attached hydrogen (secondary N) is 1. The number of fused-ring (bicyclic) bond motifs is 1. The highest BCUT2D eigenvalue weighted by atomic mass is 79.9. The number of rotatable bonds is 0. The predicted molar refractivity (Wildman–Crippen MR) is 52.2 cm³/mol. The zero-order chi connectivity index (χ0) is 9.42. The van der Waals surface area contributed by atoms with Crippen molar-refractivity contribution in [1.29, 1.82) is 0 Å². The van der Waals surface area contributed by atoms with E-state index in [1.54, 1.807) is 12.1 Å². The van der Waals surface area contributed by atoms with Crippen LogP contribution in [0.5, 0.6) is 0 Å². The average Bonchev–Trinajstić information content (AvgIpc) is 2.08. The predicted octanol–water partition coefficient (Wildman–Crippen LogP) is 2.43. The number of pyridine rings is 1. The van der Waals surface area contributed by atoms with Crippen LogP contribution in [0, 0.1) is 5.82 Å². The molecular formula is C9H5BrFNO. The van der Waals surface area contributed by atoms with Gasteiger partial charge in [-0.3, -0.25) is 4.79 Å². The van der Waals surface area contributed by atoms with Gasteiger partial charge in [0.25, 0.3) is 0 Å². The van der Waals surface area contributed by atoms with E-state index in [2.05, 4.69) is 20.9 Å². The summed E-state index contributed by atoms with van der Waals surface area (Å²) in [7, 11) is 0. The molecule has 1 heterocycles. The Morgan fingerprint density at radius 1 is 1.31 bits per heavy atom. The molecule has 4 heteroatoms. The minimum Gasteiger partial charge on any atom is -0.322 e. The normalized spacial score (nSPS) is 10.6. The zero-order valence-electron chi connectivity index (χ0n) is 6.47. The van der Waals surface area contributed by atoms with Gasteiger partial charge in [-0.05, 0) is 34.1 Å². The van der Waals surface area contributed by atoms with Gasteiger partial charge in [-0.1, -0.05) is 0 Å². The van der Waals surface area contributed by atoms with Crippen LogP contribution in [0.25, 0.3) is 10.9 Å². The van der Waals surface area contributed by atoms with Crippen molar-refractivity contribution in [2.45, 2.75) is 0 Å². The van der Waals surface area contributed by atoms with E-state index < -0.39 is 0 Å². The number of hydrogen-bond donors (Lipinski definition) is 1. The highest BCUT2D eigenvalue weighted by Crippen LogP contribution is 2.20. The molecule has 2 rings (SSSR count). The lowest BCUT2D eigenvalue weighted by Crippen LogP contribution is -2.02. The van der Waals surface area contributed by atoms with Gasteiger partial charge in [0.15, 0.2) is 0 Å². The molecular weight excluding hydrogens is 237 g/mol. The van der Waals surface area contributed by atoms with Crippen LogP contribution in [0.2, 0.25) is 0 Å². The first kappa shape index (κ1) is 8.44. The van der Waals surface area contributed by atoms with E-state index in [1.165, 1.54) is 12.1 Å². The Morgan fingerprint density at radius 3 is 2.85 bits per heavy atom. The molecule has 0 fully saturated rings. The first-order valence-electron chi connectivity index (χ1n) is 3.65. The second-order valence-electron chi connectivity index (χ2n) is 2.68. The third-order valence-corrected chi connectivity index (χ3v) is 2.37. The van der Waals surface area contributed by atoms with Gasteiger partial charge in [-0.2, -0.15) is 0 Å². The third kappa shape index (κ3) is 1.49. The number of halogens is 2. The van der Waals surface area contributed by atoms with Gasteiger partial charge >= 0.3 is 0 Å². The van der Waals surface area contributed by atoms with Crippen molar-refractivity contribution in [1.82, 2.24) is 4.98 Å². The number of benzene rings is 1. The molecule has 0 saturated carbocycles. The van der Waals surface area contributed by atoms with Crippen LogP contribution in [-0.2, 0) is 0 Å². The Morgan fingerprint density at radius 2 is 2.08 bits per heavy atom. The number of aromatic amines is 1. The average molecular weight is 242 g/mol. The van der Waals surface area contributed by atoms with Gasteiger partial charge in [0.2, 0.25) is 5.56 Å². The van der Waals surface area contributed by atoms with Crippen LogP contribution in [0.3, 0.4) is 0 Å². The van der Waals surface area contributed by atoms with Crippen molar-refractivity contribution in [3.63, 3.8) is 0 Å². The molecule has 0 bridgehead atoms. The molecule has 1 N–H and O–H groups in total. The van der Waals surface area contributed by atoms with E-state index in [-0.39, 0.29) is 11.4 Å². The van der Waals surface area contributed by atoms with E-state index in [4.69, 9.17) is 0 Å². The first-order valence-corrected chi connectivity index (χ1v) is 4.44. The van der Waals surface area contributed by atoms with Crippen molar-refractivity contribution in [2.24, 2.45) is 0 Å². The molecule has 0 saturated heterocycles. The summed E-state index contributed by atoms with van der Waals surface area (Å²) < 4.78 is 13.4. The molecule has 1 aromatic heterocycles. The van der Waals surface area contributed by atoms with E-state index in [1.807, 2.05) is 0 Å². The van der Waals surface area contributed by atoms with Gasteiger partial charge in [0.1, 0.15) is 5.82 Å². The Balaban J connectivity index is 2.89. The van der Waals surface area contributed by atoms with Gasteiger partial charge in [0, 0.05) is 17.0 Å². The lowest BCUT2D eigenvalue weighted by Gasteiger charge is -1.98. The zero-order valence-corrected chi connectivity index (χ0v) is 8.06. The molecule has 0 aliphatic rings. The summed E-state index contributed by atoms with van der Waals surface area (Å²) >= 11 is 3.04. The van der Waals surface area contributed by atoms with Crippen LogP contribution < -0.4 is 5.56 Å². The molecule has 2 aromatic rings. The van der Waals surface area contributed by atoms with Gasteiger partial charge in [-0.15, -0.1) is 0 Å². The quantitative estimate of drug-likeness (QED) is 0.756. The van der Waals surface area contributed by atoms with Crippen LogP contribution >= 0.6 is 15.9 Å². The summed E-state index contributed by atoms with van der Waals surface area (Å²) in [5.74, 6) is -0.334. The highest BCUT2D eigenvalue weighted by Gasteiger charge is 2.01. The van der Waals surface area contributed by atoms with Crippen molar-refractivity contribution < 1.29 is 4.39 Å². The van der Waals surface area contributed by atoms with E-state index in [0.717, 1.165) is 0 Å². The summed E-state index contributed by atoms with van der Waals surface area (Å²) in [4.78, 5) is 13.5. The number of aromatic nitrogens is 1. The summed E-state index contributed by atoms with van der Waals surface area (Å²) in [5.41, 5.74) is 0.437. The van der Waals surface area contributed by atoms with Crippen LogP contribution in [-0.4, -0.2) is 4.98 Å². The fourth-order valence-corrected chi connectivity index (χ4v) is 1.49. The smallest absolute Gasteiger partial charge is 0.248 e. The van der Waals surface area contributed by atoms with Crippen molar-refractivity contribution in [2.75, 3.05) is 0 Å². The summed E-state index contributed by atoms with van der Waals surface area (Å²) in [6, 6.07) is 5.88. The topological polar surface area (TPSA) is 32.9 Å². The highest BCUT2D eigenvalue weighted by molar-refractivity contribution is 9.10. The van der Waals surface area contributed by atoms with Gasteiger partial charge in [0.05, 0.1) is 4.47 Å². The molecule has 0 unspecified atom stereocenters. The molecule has 0 amide bonds. The minimum atomic E-state index is -0.334. The standard InChI is InChI=1S/C9H5BrFNO/c10-6-4-8-5(3-7(6)11)1-2-9(13)12-8/h1-4H,(H,12,13). The lowest BCUT2D eigenvalue weighted by atomic mass is 10.2. The second-order valence-corrected chi connectivity index (χ2v) is 3.53. The van der Waals surface area contributed by atoms with Crippen LogP contribution in [0.1, 0.15) is 0 Å². The molecule has 0 radical (unpaired) electrons. The number of H-pyrrole nitrogens is 1. The second kappa shape index (κ2) is 2.96. The third-order valence-electron chi connectivity index (χ3n) is 1.76. The molecule has 0 aliphatic heterocycles. The maximum absolute atomic E-state index is 13.0. The molecule has 66 valence electrons. The number of hydrogen-bond acceptors (Lipinski definition) is 1. The van der Waals surface area contributed by atoms with Gasteiger partial charge in [-0.25, -0.2) is 4.39 Å². The van der Waals surface area contributed by atoms with Crippen molar-refractivity contribution in [3.05, 3.63) is 44.9 Å². The molecule has 0 spiro atoms. The Kier molecular flexibility index (Phi) is 1.92. The maximum Gasteiger partial charge on any atom is 0.248 e. The summed E-state index contributed by atoms with van der Waals surface area (Å²) in [6.07, 6.45) is 0. The molecule has 1 aromatic carbocycles. The molecule has 2 nitrogen and oxygen atoms in total. The Hall–Kier alpha value is -1.16. The van der Waals surface area contributed by atoms with Crippen LogP contribution in [0.4, 0.5) is 4.39 Å². The van der Waals surface area contributed by atoms with Crippen molar-refractivity contribution in [3.8, 4) is 0 Å². The first-order chi connectivity index (χ1) is 6.16. The van der Waals surface area contributed by atoms with Crippen molar-refractivity contribution >= 4 is 26.8 Å².